The molecule has 3 rings (SSSR count). The molecule has 0 saturated heterocycles. The number of aliphatic imine (C=N–C) groups is 1. The third kappa shape index (κ3) is 4.04. The minimum atomic E-state index is -0.527. The van der Waals surface area contributed by atoms with Crippen LogP contribution in [0.25, 0.3) is 10.1 Å². The monoisotopic (exact) mass is 414 g/mol. The van der Waals surface area contributed by atoms with Crippen LogP contribution in [-0.4, -0.2) is 37.9 Å². The van der Waals surface area contributed by atoms with E-state index in [-0.39, 0.29) is 23.6 Å². The van der Waals surface area contributed by atoms with Gasteiger partial charge in [0.15, 0.2) is 11.5 Å². The molecule has 0 radical (unpaired) electrons. The standard InChI is InChI=1S/C20H18N2O6S/c1-4-28-20(23)18-13-7-5-6-8-17(13)29-19(18)21-11-12-9-15(26-2)16(27-3)10-14(12)22(24)25/h5-11H,4H2,1-3H3. The molecule has 0 N–H and O–H groups in total. The van der Waals surface area contributed by atoms with Gasteiger partial charge in [-0.3, -0.25) is 10.1 Å². The molecule has 0 unspecified atom stereocenters. The Labute approximate surface area is 170 Å². The number of hydrogen-bond acceptors (Lipinski definition) is 8. The largest absolute Gasteiger partial charge is 0.493 e. The number of carbonyl (C=O) groups is 1. The minimum Gasteiger partial charge on any atom is -0.493 e. The number of hydrogen-bond donors (Lipinski definition) is 0. The lowest BCUT2D eigenvalue weighted by Gasteiger charge is -2.08. The fourth-order valence-corrected chi connectivity index (χ4v) is 3.83. The van der Waals surface area contributed by atoms with Gasteiger partial charge in [-0.15, -0.1) is 11.3 Å². The summed E-state index contributed by atoms with van der Waals surface area (Å²) in [7, 11) is 2.84. The van der Waals surface area contributed by atoms with Crippen LogP contribution in [0.3, 0.4) is 0 Å². The van der Waals surface area contributed by atoms with Gasteiger partial charge >= 0.3 is 5.97 Å². The van der Waals surface area contributed by atoms with Crippen molar-refractivity contribution >= 4 is 44.3 Å². The van der Waals surface area contributed by atoms with E-state index in [1.54, 1.807) is 6.92 Å². The van der Waals surface area contributed by atoms with Crippen molar-refractivity contribution in [2.24, 2.45) is 4.99 Å². The Kier molecular flexibility index (Phi) is 6.08. The molecule has 0 spiro atoms. The quantitative estimate of drug-likeness (QED) is 0.239. The fraction of sp³-hybridized carbons (Fsp3) is 0.200. The molecule has 0 aliphatic rings. The number of rotatable bonds is 7. The van der Waals surface area contributed by atoms with Gasteiger partial charge in [-0.1, -0.05) is 18.2 Å². The first kappa shape index (κ1) is 20.3. The Morgan fingerprint density at radius 2 is 1.90 bits per heavy atom. The molecular weight excluding hydrogens is 396 g/mol. The molecule has 0 bridgehead atoms. The highest BCUT2D eigenvalue weighted by atomic mass is 32.1. The number of thiophene rings is 1. The topological polar surface area (TPSA) is 100 Å². The maximum absolute atomic E-state index is 12.5. The number of nitrogens with zero attached hydrogens (tertiary/aromatic N) is 2. The summed E-state index contributed by atoms with van der Waals surface area (Å²) in [6, 6.07) is 10.1. The van der Waals surface area contributed by atoms with Crippen molar-refractivity contribution in [1.29, 1.82) is 0 Å². The lowest BCUT2D eigenvalue weighted by atomic mass is 10.1. The van der Waals surface area contributed by atoms with E-state index < -0.39 is 10.9 Å². The summed E-state index contributed by atoms with van der Waals surface area (Å²) in [4.78, 5) is 27.8. The van der Waals surface area contributed by atoms with Gasteiger partial charge in [-0.2, -0.15) is 0 Å². The number of carbonyl (C=O) groups excluding carboxylic acids is 1. The third-order valence-electron chi connectivity index (χ3n) is 4.11. The van der Waals surface area contributed by atoms with E-state index >= 15 is 0 Å². The smallest absolute Gasteiger partial charge is 0.341 e. The van der Waals surface area contributed by atoms with E-state index in [0.29, 0.717) is 16.3 Å². The molecule has 0 aliphatic carbocycles. The molecule has 8 nitrogen and oxygen atoms in total. The molecule has 0 fully saturated rings. The number of fused-ring (bicyclic) bond motifs is 1. The van der Waals surface area contributed by atoms with Gasteiger partial charge in [-0.25, -0.2) is 9.79 Å². The van der Waals surface area contributed by atoms with Crippen LogP contribution >= 0.6 is 11.3 Å². The Balaban J connectivity index is 2.13. The van der Waals surface area contributed by atoms with Crippen LogP contribution in [0.5, 0.6) is 11.5 Å². The third-order valence-corrected chi connectivity index (χ3v) is 5.19. The van der Waals surface area contributed by atoms with Crippen molar-refractivity contribution in [2.75, 3.05) is 20.8 Å². The lowest BCUT2D eigenvalue weighted by molar-refractivity contribution is -0.385. The molecule has 9 heteroatoms. The average molecular weight is 414 g/mol. The van der Waals surface area contributed by atoms with E-state index in [0.717, 1.165) is 10.1 Å². The normalized spacial score (nSPS) is 11.0. The Bertz CT molecular complexity index is 1110. The minimum absolute atomic E-state index is 0.190. The molecule has 3 aromatic rings. The zero-order chi connectivity index (χ0) is 21.0. The summed E-state index contributed by atoms with van der Waals surface area (Å²) < 4.78 is 16.4. The zero-order valence-corrected chi connectivity index (χ0v) is 16.8. The Hall–Kier alpha value is -3.46. The van der Waals surface area contributed by atoms with Crippen molar-refractivity contribution in [2.45, 2.75) is 6.92 Å². The highest BCUT2D eigenvalue weighted by Gasteiger charge is 2.21. The van der Waals surface area contributed by atoms with Gasteiger partial charge < -0.3 is 14.2 Å². The van der Waals surface area contributed by atoms with Crippen LogP contribution in [0.1, 0.15) is 22.8 Å². The summed E-state index contributed by atoms with van der Waals surface area (Å²) >= 11 is 1.30. The van der Waals surface area contributed by atoms with Crippen molar-refractivity contribution < 1.29 is 23.9 Å². The molecule has 150 valence electrons. The van der Waals surface area contributed by atoms with Crippen LogP contribution in [0.2, 0.25) is 0 Å². The first-order valence-corrected chi connectivity index (χ1v) is 9.44. The zero-order valence-electron chi connectivity index (χ0n) is 16.0. The van der Waals surface area contributed by atoms with E-state index in [9.17, 15) is 14.9 Å². The maximum atomic E-state index is 12.5. The fourth-order valence-electron chi connectivity index (χ4n) is 2.80. The van der Waals surface area contributed by atoms with Crippen molar-refractivity contribution in [3.63, 3.8) is 0 Å². The molecule has 1 heterocycles. The number of methoxy groups -OCH3 is 2. The second-order valence-corrected chi connectivity index (χ2v) is 6.81. The van der Waals surface area contributed by atoms with Crippen LogP contribution in [0.4, 0.5) is 10.7 Å². The first-order valence-electron chi connectivity index (χ1n) is 8.63. The maximum Gasteiger partial charge on any atom is 0.341 e. The number of ether oxygens (including phenoxy) is 3. The second-order valence-electron chi connectivity index (χ2n) is 5.78. The van der Waals surface area contributed by atoms with Crippen LogP contribution in [0, 0.1) is 10.1 Å². The molecule has 0 amide bonds. The van der Waals surface area contributed by atoms with Gasteiger partial charge in [0.2, 0.25) is 0 Å². The predicted octanol–water partition coefficient (Wildman–Crippen LogP) is 4.75. The number of esters is 1. The van der Waals surface area contributed by atoms with Crippen molar-refractivity contribution in [1.82, 2.24) is 0 Å². The van der Waals surface area contributed by atoms with E-state index in [1.165, 1.54) is 43.9 Å². The van der Waals surface area contributed by atoms with E-state index in [1.807, 2.05) is 24.3 Å². The van der Waals surface area contributed by atoms with Gasteiger partial charge in [0.05, 0.1) is 37.4 Å². The van der Waals surface area contributed by atoms with Gasteiger partial charge in [0.25, 0.3) is 5.69 Å². The molecule has 0 aliphatic heterocycles. The highest BCUT2D eigenvalue weighted by Crippen LogP contribution is 2.39. The average Bonchev–Trinajstić information content (AvgIpc) is 3.10. The van der Waals surface area contributed by atoms with Crippen LogP contribution in [-0.2, 0) is 4.74 Å². The molecule has 2 aromatic carbocycles. The molecule has 0 atom stereocenters. The SMILES string of the molecule is CCOC(=O)c1c(N=Cc2cc(OC)c(OC)cc2[N+](=O)[O-])sc2ccccc12. The second kappa shape index (κ2) is 8.70. The first-order chi connectivity index (χ1) is 14.0. The summed E-state index contributed by atoms with van der Waals surface area (Å²) in [5.74, 6) is 0.0887. The summed E-state index contributed by atoms with van der Waals surface area (Å²) in [5.41, 5.74) is 0.372. The molecular formula is C20H18N2O6S. The number of benzene rings is 2. The highest BCUT2D eigenvalue weighted by molar-refractivity contribution is 7.23. The van der Waals surface area contributed by atoms with Crippen molar-refractivity contribution in [3.8, 4) is 11.5 Å². The number of nitro groups is 1. The van der Waals surface area contributed by atoms with Gasteiger partial charge in [0, 0.05) is 16.3 Å². The Morgan fingerprint density at radius 1 is 1.21 bits per heavy atom. The molecule has 29 heavy (non-hydrogen) atoms. The van der Waals surface area contributed by atoms with E-state index in [2.05, 4.69) is 4.99 Å². The summed E-state index contributed by atoms with van der Waals surface area (Å²) in [6.45, 7) is 1.95. The van der Waals surface area contributed by atoms with E-state index in [4.69, 9.17) is 14.2 Å². The molecule has 0 saturated carbocycles. The number of nitro benzene ring substituents is 1. The van der Waals surface area contributed by atoms with Crippen LogP contribution in [0.15, 0.2) is 41.4 Å². The summed E-state index contributed by atoms with van der Waals surface area (Å²) in [5, 5.41) is 12.6. The van der Waals surface area contributed by atoms with Crippen LogP contribution < -0.4 is 9.47 Å². The predicted molar refractivity (Wildman–Crippen MR) is 111 cm³/mol. The Morgan fingerprint density at radius 3 is 2.55 bits per heavy atom. The van der Waals surface area contributed by atoms with Gasteiger partial charge in [0.1, 0.15) is 10.6 Å². The van der Waals surface area contributed by atoms with Gasteiger partial charge in [-0.05, 0) is 19.1 Å². The molecule has 1 aromatic heterocycles. The van der Waals surface area contributed by atoms with Crippen molar-refractivity contribution in [3.05, 3.63) is 57.6 Å². The lowest BCUT2D eigenvalue weighted by Crippen LogP contribution is -2.04. The summed E-state index contributed by atoms with van der Waals surface area (Å²) in [6.07, 6.45) is 1.34.